The lowest BCUT2D eigenvalue weighted by Gasteiger charge is -2.26. The maximum Gasteiger partial charge on any atom is 0.323 e. The van der Waals surface area contributed by atoms with E-state index >= 15 is 0 Å². The lowest BCUT2D eigenvalue weighted by molar-refractivity contribution is -0.146. The lowest BCUT2D eigenvalue weighted by atomic mass is 10.2. The van der Waals surface area contributed by atoms with Gasteiger partial charge in [0.25, 0.3) is 0 Å². The molecule has 1 unspecified atom stereocenters. The highest BCUT2D eigenvalue weighted by atomic mass is 32.1. The number of carboxylic acids is 1. The fourth-order valence-electron chi connectivity index (χ4n) is 2.08. The summed E-state index contributed by atoms with van der Waals surface area (Å²) in [7, 11) is 0. The molecule has 7 nitrogen and oxygen atoms in total. The standard InChI is InChI=1S/C15H19N3O4S/c1-3-10(2)18(8-14(20)21)13(19)5-4-12-16-15(17-22-12)11-6-7-23-9-11/h6-7,9-10H,3-5,8H2,1-2H3,(H,20,21). The zero-order valence-corrected chi connectivity index (χ0v) is 13.9. The van der Waals surface area contributed by atoms with Crippen molar-refractivity contribution in [2.24, 2.45) is 0 Å². The van der Waals surface area contributed by atoms with E-state index < -0.39 is 5.97 Å². The third kappa shape index (κ3) is 4.62. The molecule has 1 amide bonds. The number of thiophene rings is 1. The van der Waals surface area contributed by atoms with Crippen molar-refractivity contribution in [2.75, 3.05) is 6.54 Å². The number of nitrogens with zero attached hydrogens (tertiary/aromatic N) is 3. The predicted octanol–water partition coefficient (Wildman–Crippen LogP) is 2.44. The Balaban J connectivity index is 1.96. The van der Waals surface area contributed by atoms with Crippen molar-refractivity contribution < 1.29 is 19.2 Å². The first-order valence-corrected chi connectivity index (χ1v) is 8.32. The Labute approximate surface area is 137 Å². The summed E-state index contributed by atoms with van der Waals surface area (Å²) in [5, 5.41) is 16.7. The van der Waals surface area contributed by atoms with Crippen molar-refractivity contribution in [2.45, 2.75) is 39.2 Å². The Morgan fingerprint density at radius 3 is 2.87 bits per heavy atom. The normalized spacial score (nSPS) is 12.1. The maximum atomic E-state index is 12.3. The quantitative estimate of drug-likeness (QED) is 0.795. The maximum absolute atomic E-state index is 12.3. The molecule has 0 fully saturated rings. The molecule has 0 bridgehead atoms. The highest BCUT2D eigenvalue weighted by molar-refractivity contribution is 7.08. The van der Waals surface area contributed by atoms with E-state index in [0.29, 0.717) is 24.6 Å². The van der Waals surface area contributed by atoms with Crippen LogP contribution in [0.4, 0.5) is 0 Å². The number of amides is 1. The SMILES string of the molecule is CCC(C)N(CC(=O)O)C(=O)CCc1nc(-c2ccsc2)no1. The van der Waals surface area contributed by atoms with E-state index in [1.165, 1.54) is 16.2 Å². The van der Waals surface area contributed by atoms with Crippen molar-refractivity contribution in [1.82, 2.24) is 15.0 Å². The number of carboxylic acid groups (broad SMARTS) is 1. The Hall–Kier alpha value is -2.22. The van der Waals surface area contributed by atoms with Gasteiger partial charge >= 0.3 is 5.97 Å². The molecule has 0 spiro atoms. The van der Waals surface area contributed by atoms with E-state index in [4.69, 9.17) is 9.63 Å². The second-order valence-electron chi connectivity index (χ2n) is 5.20. The van der Waals surface area contributed by atoms with Crippen LogP contribution >= 0.6 is 11.3 Å². The molecule has 2 aromatic rings. The van der Waals surface area contributed by atoms with Gasteiger partial charge < -0.3 is 14.5 Å². The predicted molar refractivity (Wildman–Crippen MR) is 85.0 cm³/mol. The van der Waals surface area contributed by atoms with E-state index in [0.717, 1.165) is 5.56 Å². The summed E-state index contributed by atoms with van der Waals surface area (Å²) in [5.41, 5.74) is 0.878. The van der Waals surface area contributed by atoms with Crippen molar-refractivity contribution in [1.29, 1.82) is 0 Å². The number of carbonyl (C=O) groups is 2. The van der Waals surface area contributed by atoms with Gasteiger partial charge in [-0.25, -0.2) is 0 Å². The van der Waals surface area contributed by atoms with Crippen LogP contribution in [0.25, 0.3) is 11.4 Å². The summed E-state index contributed by atoms with van der Waals surface area (Å²) in [6, 6.07) is 1.77. The number of hydrogen-bond acceptors (Lipinski definition) is 6. The van der Waals surface area contributed by atoms with Gasteiger partial charge in [0, 0.05) is 29.8 Å². The van der Waals surface area contributed by atoms with E-state index in [1.807, 2.05) is 30.7 Å². The van der Waals surface area contributed by atoms with Crippen molar-refractivity contribution >= 4 is 23.2 Å². The number of carbonyl (C=O) groups excluding carboxylic acids is 1. The molecule has 1 atom stereocenters. The van der Waals surface area contributed by atoms with Gasteiger partial charge in [-0.3, -0.25) is 9.59 Å². The van der Waals surface area contributed by atoms with Gasteiger partial charge in [-0.15, -0.1) is 0 Å². The number of aryl methyl sites for hydroxylation is 1. The molecule has 0 aliphatic carbocycles. The summed E-state index contributed by atoms with van der Waals surface area (Å²) in [4.78, 5) is 28.8. The van der Waals surface area contributed by atoms with Crippen LogP contribution in [0.3, 0.4) is 0 Å². The zero-order valence-electron chi connectivity index (χ0n) is 13.1. The van der Waals surface area contributed by atoms with Gasteiger partial charge in [0.15, 0.2) is 0 Å². The molecule has 2 heterocycles. The van der Waals surface area contributed by atoms with Gasteiger partial charge in [-0.2, -0.15) is 16.3 Å². The fourth-order valence-corrected chi connectivity index (χ4v) is 2.71. The first-order chi connectivity index (χ1) is 11.0. The first-order valence-electron chi connectivity index (χ1n) is 7.37. The average molecular weight is 337 g/mol. The van der Waals surface area contributed by atoms with Crippen LogP contribution in [0.1, 0.15) is 32.6 Å². The minimum atomic E-state index is -1.02. The Bertz CT molecular complexity index is 653. The van der Waals surface area contributed by atoms with E-state index in [9.17, 15) is 9.59 Å². The molecular weight excluding hydrogens is 318 g/mol. The first kappa shape index (κ1) is 17.1. The second kappa shape index (κ2) is 7.87. The van der Waals surface area contributed by atoms with Crippen LogP contribution < -0.4 is 0 Å². The Morgan fingerprint density at radius 2 is 2.26 bits per heavy atom. The minimum Gasteiger partial charge on any atom is -0.480 e. The molecule has 0 aliphatic rings. The van der Waals surface area contributed by atoms with Crippen LogP contribution in [-0.2, 0) is 16.0 Å². The average Bonchev–Trinajstić information content (AvgIpc) is 3.19. The molecule has 124 valence electrons. The molecule has 0 aromatic carbocycles. The van der Waals surface area contributed by atoms with Gasteiger partial charge in [0.1, 0.15) is 6.54 Å². The van der Waals surface area contributed by atoms with Crippen LogP contribution in [0.15, 0.2) is 21.3 Å². The summed E-state index contributed by atoms with van der Waals surface area (Å²) in [6.45, 7) is 3.46. The van der Waals surface area contributed by atoms with Crippen LogP contribution in [0.2, 0.25) is 0 Å². The summed E-state index contributed by atoms with van der Waals surface area (Å²) >= 11 is 1.54. The third-order valence-electron chi connectivity index (χ3n) is 3.55. The third-order valence-corrected chi connectivity index (χ3v) is 4.23. The molecule has 2 aromatic heterocycles. The van der Waals surface area contributed by atoms with Gasteiger partial charge in [0.2, 0.25) is 17.6 Å². The second-order valence-corrected chi connectivity index (χ2v) is 5.98. The van der Waals surface area contributed by atoms with Crippen LogP contribution in [-0.4, -0.2) is 44.6 Å². The molecular formula is C15H19N3O4S. The molecule has 0 radical (unpaired) electrons. The molecule has 0 saturated heterocycles. The highest BCUT2D eigenvalue weighted by Crippen LogP contribution is 2.19. The van der Waals surface area contributed by atoms with Gasteiger partial charge in [-0.1, -0.05) is 12.1 Å². The van der Waals surface area contributed by atoms with E-state index in [-0.39, 0.29) is 24.9 Å². The van der Waals surface area contributed by atoms with Crippen molar-refractivity contribution in [3.63, 3.8) is 0 Å². The van der Waals surface area contributed by atoms with E-state index in [1.54, 1.807) is 0 Å². The largest absolute Gasteiger partial charge is 0.480 e. The van der Waals surface area contributed by atoms with Crippen molar-refractivity contribution in [3.8, 4) is 11.4 Å². The molecule has 1 N–H and O–H groups in total. The molecule has 8 heteroatoms. The summed E-state index contributed by atoms with van der Waals surface area (Å²) in [6.07, 6.45) is 1.13. The molecule has 2 rings (SSSR count). The number of aliphatic carboxylic acids is 1. The van der Waals surface area contributed by atoms with Crippen LogP contribution in [0.5, 0.6) is 0 Å². The number of aromatic nitrogens is 2. The van der Waals surface area contributed by atoms with E-state index in [2.05, 4.69) is 10.1 Å². The lowest BCUT2D eigenvalue weighted by Crippen LogP contribution is -2.41. The minimum absolute atomic E-state index is 0.123. The zero-order chi connectivity index (χ0) is 16.8. The smallest absolute Gasteiger partial charge is 0.323 e. The molecule has 0 aliphatic heterocycles. The van der Waals surface area contributed by atoms with Gasteiger partial charge in [0.05, 0.1) is 0 Å². The van der Waals surface area contributed by atoms with Crippen LogP contribution in [0, 0.1) is 0 Å². The molecule has 23 heavy (non-hydrogen) atoms. The monoisotopic (exact) mass is 337 g/mol. The van der Waals surface area contributed by atoms with Crippen molar-refractivity contribution in [3.05, 3.63) is 22.7 Å². The number of hydrogen-bond donors (Lipinski definition) is 1. The van der Waals surface area contributed by atoms with Gasteiger partial charge in [-0.05, 0) is 24.8 Å². The topological polar surface area (TPSA) is 96.5 Å². The summed E-state index contributed by atoms with van der Waals surface area (Å²) < 4.78 is 5.14. The fraction of sp³-hybridized carbons (Fsp3) is 0.467. The molecule has 0 saturated carbocycles. The Morgan fingerprint density at radius 1 is 1.48 bits per heavy atom. The summed E-state index contributed by atoms with van der Waals surface area (Å²) in [5.74, 6) is -0.370. The Kier molecular flexibility index (Phi) is 5.86. The highest BCUT2D eigenvalue weighted by Gasteiger charge is 2.22. The number of rotatable bonds is 8.